The highest BCUT2D eigenvalue weighted by molar-refractivity contribution is 7.80. The highest BCUT2D eigenvalue weighted by Gasteiger charge is 2.54. The van der Waals surface area contributed by atoms with E-state index in [4.69, 9.17) is 18.1 Å². The molecule has 4 nitrogen and oxygen atoms in total. The topological polar surface area (TPSA) is 67.2 Å². The molecule has 0 atom stereocenters. The lowest BCUT2D eigenvalue weighted by Gasteiger charge is -2.55. The average molecular weight is 253 g/mol. The number of hydrogen-bond acceptors (Lipinski definition) is 3. The Morgan fingerprint density at radius 1 is 1.12 bits per heavy atom. The summed E-state index contributed by atoms with van der Waals surface area (Å²) in [7, 11) is 0. The fourth-order valence-electron chi connectivity index (χ4n) is 4.66. The molecule has 17 heavy (non-hydrogen) atoms. The lowest BCUT2D eigenvalue weighted by atomic mass is 9.49. The second-order valence-corrected chi connectivity index (χ2v) is 6.53. The molecule has 4 rings (SSSR count). The minimum absolute atomic E-state index is 0.0968. The molecule has 4 aliphatic carbocycles. The normalized spacial score (nSPS) is 42.3. The Balaban J connectivity index is 1.77. The first-order chi connectivity index (χ1) is 8.11. The maximum Gasteiger partial charge on any atom is 0.232 e. The summed E-state index contributed by atoms with van der Waals surface area (Å²) in [5.74, 6) is 7.61. The van der Waals surface area contributed by atoms with Crippen molar-refractivity contribution in [2.45, 2.75) is 38.5 Å². The van der Waals surface area contributed by atoms with E-state index in [0.717, 1.165) is 37.0 Å². The number of thiocarbonyl (C=S) groups is 1. The zero-order valence-electron chi connectivity index (χ0n) is 9.87. The molecule has 94 valence electrons. The first kappa shape index (κ1) is 11.4. The predicted molar refractivity (Wildman–Crippen MR) is 68.7 cm³/mol. The SMILES string of the molecule is NNC(=S)NC(=O)C12CC3CC(CC(C3)C1)C2. The number of hydrazine groups is 1. The first-order valence-electron chi connectivity index (χ1n) is 6.43. The van der Waals surface area contributed by atoms with Crippen LogP contribution in [0.5, 0.6) is 0 Å². The minimum Gasteiger partial charge on any atom is -0.302 e. The van der Waals surface area contributed by atoms with Crippen LogP contribution in [0, 0.1) is 23.2 Å². The molecule has 0 aromatic rings. The quantitative estimate of drug-likeness (QED) is 0.371. The summed E-state index contributed by atoms with van der Waals surface area (Å²) in [6.07, 6.45) is 7.18. The Bertz CT molecular complexity index is 333. The Morgan fingerprint density at radius 3 is 2.00 bits per heavy atom. The second kappa shape index (κ2) is 3.92. The molecule has 0 unspecified atom stereocenters. The summed E-state index contributed by atoms with van der Waals surface area (Å²) in [6, 6.07) is 0. The molecule has 4 saturated carbocycles. The first-order valence-corrected chi connectivity index (χ1v) is 6.84. The Morgan fingerprint density at radius 2 is 1.59 bits per heavy atom. The Hall–Kier alpha value is -0.680. The van der Waals surface area contributed by atoms with Gasteiger partial charge in [0.25, 0.3) is 0 Å². The molecule has 0 aromatic carbocycles. The van der Waals surface area contributed by atoms with E-state index in [1.54, 1.807) is 0 Å². The monoisotopic (exact) mass is 253 g/mol. The van der Waals surface area contributed by atoms with Crippen molar-refractivity contribution in [2.75, 3.05) is 0 Å². The molecule has 4 N–H and O–H groups in total. The van der Waals surface area contributed by atoms with Gasteiger partial charge in [0.2, 0.25) is 5.91 Å². The van der Waals surface area contributed by atoms with Crippen LogP contribution in [-0.4, -0.2) is 11.0 Å². The molecule has 0 saturated heterocycles. The third-order valence-electron chi connectivity index (χ3n) is 4.88. The fraction of sp³-hybridized carbons (Fsp3) is 0.833. The molecule has 4 fully saturated rings. The molecule has 1 amide bonds. The van der Waals surface area contributed by atoms with Crippen molar-refractivity contribution in [3.63, 3.8) is 0 Å². The lowest BCUT2D eigenvalue weighted by Crippen LogP contribution is -2.56. The minimum atomic E-state index is -0.143. The van der Waals surface area contributed by atoms with Gasteiger partial charge in [-0.25, -0.2) is 5.84 Å². The van der Waals surface area contributed by atoms with Crippen molar-refractivity contribution in [3.05, 3.63) is 0 Å². The number of carbonyl (C=O) groups is 1. The smallest absolute Gasteiger partial charge is 0.232 e. The molecular formula is C12H19N3OS. The van der Waals surface area contributed by atoms with Gasteiger partial charge in [-0.1, -0.05) is 0 Å². The van der Waals surface area contributed by atoms with E-state index in [9.17, 15) is 4.79 Å². The van der Waals surface area contributed by atoms with Crippen molar-refractivity contribution in [1.29, 1.82) is 0 Å². The molecule has 4 bridgehead atoms. The number of hydrogen-bond donors (Lipinski definition) is 3. The number of amides is 1. The van der Waals surface area contributed by atoms with Gasteiger partial charge in [0.05, 0.1) is 5.41 Å². The number of carbonyl (C=O) groups excluding carboxylic acids is 1. The predicted octanol–water partition coefficient (Wildman–Crippen LogP) is 1.07. The third kappa shape index (κ3) is 1.85. The second-order valence-electron chi connectivity index (χ2n) is 6.13. The van der Waals surface area contributed by atoms with Gasteiger partial charge in [0.1, 0.15) is 0 Å². The highest BCUT2D eigenvalue weighted by atomic mass is 32.1. The summed E-state index contributed by atoms with van der Waals surface area (Å²) < 4.78 is 0. The molecular weight excluding hydrogens is 234 g/mol. The van der Waals surface area contributed by atoms with Crippen LogP contribution < -0.4 is 16.6 Å². The number of nitrogens with two attached hydrogens (primary N) is 1. The summed E-state index contributed by atoms with van der Waals surface area (Å²) in [5, 5.41) is 2.98. The van der Waals surface area contributed by atoms with Gasteiger partial charge in [0.15, 0.2) is 5.11 Å². The van der Waals surface area contributed by atoms with Crippen LogP contribution >= 0.6 is 12.2 Å². The standard InChI is InChI=1S/C12H19N3OS/c13-15-11(17)14-10(16)12-4-7-1-8(5-12)3-9(2-7)6-12/h7-9H,1-6,13H2,(H2,14,15,16,17). The van der Waals surface area contributed by atoms with E-state index in [2.05, 4.69) is 10.7 Å². The Labute approximate surface area is 107 Å². The molecule has 4 aliphatic rings. The summed E-state index contributed by atoms with van der Waals surface area (Å²) in [5.41, 5.74) is 2.18. The van der Waals surface area contributed by atoms with Crippen molar-refractivity contribution < 1.29 is 4.79 Å². The average Bonchev–Trinajstić information content (AvgIpc) is 2.26. The van der Waals surface area contributed by atoms with Gasteiger partial charge in [-0.3, -0.25) is 4.79 Å². The van der Waals surface area contributed by atoms with Crippen molar-refractivity contribution >= 4 is 23.2 Å². The molecule has 0 radical (unpaired) electrons. The van der Waals surface area contributed by atoms with E-state index in [1.165, 1.54) is 19.3 Å². The van der Waals surface area contributed by atoms with Crippen LogP contribution in [0.1, 0.15) is 38.5 Å². The third-order valence-corrected chi connectivity index (χ3v) is 5.10. The largest absolute Gasteiger partial charge is 0.302 e. The van der Waals surface area contributed by atoms with Crippen LogP contribution in [0.4, 0.5) is 0 Å². The maximum atomic E-state index is 12.4. The van der Waals surface area contributed by atoms with Gasteiger partial charge in [-0.2, -0.15) is 0 Å². The molecule has 5 heteroatoms. The van der Waals surface area contributed by atoms with E-state index >= 15 is 0 Å². The zero-order chi connectivity index (χ0) is 12.0. The van der Waals surface area contributed by atoms with Gasteiger partial charge in [0, 0.05) is 0 Å². The summed E-state index contributed by atoms with van der Waals surface area (Å²) in [6.45, 7) is 0. The van der Waals surface area contributed by atoms with E-state index in [1.807, 2.05) is 0 Å². The van der Waals surface area contributed by atoms with Crippen LogP contribution in [0.3, 0.4) is 0 Å². The molecule has 0 spiro atoms. The Kier molecular flexibility index (Phi) is 2.63. The number of rotatable bonds is 1. The lowest BCUT2D eigenvalue weighted by molar-refractivity contribution is -0.144. The fourth-order valence-corrected chi connectivity index (χ4v) is 4.75. The van der Waals surface area contributed by atoms with Crippen molar-refractivity contribution in [3.8, 4) is 0 Å². The van der Waals surface area contributed by atoms with Crippen LogP contribution in [0.15, 0.2) is 0 Å². The number of nitrogens with one attached hydrogen (secondary N) is 2. The molecule has 0 aromatic heterocycles. The maximum absolute atomic E-state index is 12.4. The zero-order valence-corrected chi connectivity index (χ0v) is 10.7. The van der Waals surface area contributed by atoms with Crippen LogP contribution in [0.25, 0.3) is 0 Å². The molecule has 0 aliphatic heterocycles. The molecule has 0 heterocycles. The summed E-state index contributed by atoms with van der Waals surface area (Å²) in [4.78, 5) is 12.4. The van der Waals surface area contributed by atoms with E-state index < -0.39 is 0 Å². The summed E-state index contributed by atoms with van der Waals surface area (Å²) >= 11 is 4.92. The van der Waals surface area contributed by atoms with Gasteiger partial charge in [-0.15, -0.1) is 0 Å². The van der Waals surface area contributed by atoms with Gasteiger partial charge >= 0.3 is 0 Å². The van der Waals surface area contributed by atoms with Crippen molar-refractivity contribution in [1.82, 2.24) is 10.7 Å². The van der Waals surface area contributed by atoms with Gasteiger partial charge < -0.3 is 10.7 Å². The van der Waals surface area contributed by atoms with Crippen LogP contribution in [0.2, 0.25) is 0 Å². The van der Waals surface area contributed by atoms with Crippen molar-refractivity contribution in [2.24, 2.45) is 29.0 Å². The van der Waals surface area contributed by atoms with E-state index in [0.29, 0.717) is 0 Å². The highest BCUT2D eigenvalue weighted by Crippen LogP contribution is 2.60. The van der Waals surface area contributed by atoms with E-state index in [-0.39, 0.29) is 16.4 Å². The van der Waals surface area contributed by atoms with Crippen LogP contribution in [-0.2, 0) is 4.79 Å². The van der Waals surface area contributed by atoms with Gasteiger partial charge in [-0.05, 0) is 68.5 Å².